The normalized spacial score (nSPS) is 15.1. The van der Waals surface area contributed by atoms with Gasteiger partial charge in [-0.1, -0.05) is 47.5 Å². The second kappa shape index (κ2) is 8.69. The summed E-state index contributed by atoms with van der Waals surface area (Å²) in [6.45, 7) is 0. The summed E-state index contributed by atoms with van der Waals surface area (Å²) in [5, 5.41) is 0.841. The number of ether oxygens (including phenoxy) is 3. The molecular weight excluding hydrogens is 437 g/mol. The van der Waals surface area contributed by atoms with Crippen LogP contribution >= 0.6 is 23.2 Å². The van der Waals surface area contributed by atoms with Crippen LogP contribution in [-0.2, 0) is 11.2 Å². The average Bonchev–Trinajstić information content (AvgIpc) is 3.04. The van der Waals surface area contributed by atoms with Crippen LogP contribution in [0.15, 0.2) is 54.6 Å². The highest BCUT2D eigenvalue weighted by atomic mass is 35.5. The van der Waals surface area contributed by atoms with Crippen LogP contribution in [0.5, 0.6) is 17.2 Å². The van der Waals surface area contributed by atoms with Crippen LogP contribution in [0, 0.1) is 0 Å². The monoisotopic (exact) mass is 457 g/mol. The number of hydrogen-bond acceptors (Lipinski definition) is 4. The third-order valence-corrected chi connectivity index (χ3v) is 6.01. The van der Waals surface area contributed by atoms with Crippen LogP contribution in [0.1, 0.15) is 17.0 Å². The Kier molecular flexibility index (Phi) is 5.99. The lowest BCUT2D eigenvalue weighted by Crippen LogP contribution is -2.25. The standard InChI is InChI=1S/C24H21Cl2NO4/c1-29-20-12-14(13-21(30-2)23(20)31-3)11-16-15-7-4-5-10-19(15)27(24(16)28)22-17(25)8-6-9-18(22)26/h4-10,12-13,16H,11H2,1-3H3. The van der Waals surface area contributed by atoms with Crippen molar-refractivity contribution in [1.29, 1.82) is 0 Å². The summed E-state index contributed by atoms with van der Waals surface area (Å²) >= 11 is 12.9. The topological polar surface area (TPSA) is 48.0 Å². The highest BCUT2D eigenvalue weighted by molar-refractivity contribution is 6.40. The molecule has 0 aliphatic carbocycles. The Morgan fingerprint density at radius 2 is 1.48 bits per heavy atom. The van der Waals surface area contributed by atoms with Gasteiger partial charge in [0.15, 0.2) is 11.5 Å². The van der Waals surface area contributed by atoms with Crippen LogP contribution in [0.3, 0.4) is 0 Å². The first-order valence-electron chi connectivity index (χ1n) is 9.66. The number of fused-ring (bicyclic) bond motifs is 1. The molecular formula is C24H21Cl2NO4. The summed E-state index contributed by atoms with van der Waals surface area (Å²) in [7, 11) is 4.69. The van der Waals surface area contributed by atoms with Crippen molar-refractivity contribution < 1.29 is 19.0 Å². The zero-order valence-corrected chi connectivity index (χ0v) is 18.8. The first-order chi connectivity index (χ1) is 15.0. The fourth-order valence-corrected chi connectivity index (χ4v) is 4.58. The van der Waals surface area contributed by atoms with Gasteiger partial charge in [-0.2, -0.15) is 0 Å². The third-order valence-electron chi connectivity index (χ3n) is 5.40. The molecule has 1 aliphatic rings. The number of hydrogen-bond donors (Lipinski definition) is 0. The van der Waals surface area contributed by atoms with Crippen molar-refractivity contribution in [2.45, 2.75) is 12.3 Å². The van der Waals surface area contributed by atoms with Crippen LogP contribution < -0.4 is 19.1 Å². The molecule has 1 atom stereocenters. The molecule has 0 saturated carbocycles. The molecule has 1 unspecified atom stereocenters. The molecule has 1 aliphatic heterocycles. The molecule has 0 spiro atoms. The number of methoxy groups -OCH3 is 3. The SMILES string of the molecule is COc1cc(CC2C(=O)N(c3c(Cl)cccc3Cl)c3ccccc32)cc(OC)c1OC. The molecule has 0 fully saturated rings. The lowest BCUT2D eigenvalue weighted by Gasteiger charge is -2.21. The van der Waals surface area contributed by atoms with Crippen molar-refractivity contribution in [3.8, 4) is 17.2 Å². The van der Waals surface area contributed by atoms with Crippen molar-refractivity contribution >= 4 is 40.5 Å². The van der Waals surface area contributed by atoms with Gasteiger partial charge in [0.25, 0.3) is 0 Å². The van der Waals surface area contributed by atoms with Gasteiger partial charge in [0, 0.05) is 0 Å². The Morgan fingerprint density at radius 1 is 0.871 bits per heavy atom. The summed E-state index contributed by atoms with van der Waals surface area (Å²) in [5.41, 5.74) is 3.07. The van der Waals surface area contributed by atoms with Crippen LogP contribution in [0.4, 0.5) is 11.4 Å². The zero-order chi connectivity index (χ0) is 22.1. The molecule has 31 heavy (non-hydrogen) atoms. The summed E-state index contributed by atoms with van der Waals surface area (Å²) in [6.07, 6.45) is 0.450. The molecule has 0 aromatic heterocycles. The largest absolute Gasteiger partial charge is 0.493 e. The zero-order valence-electron chi connectivity index (χ0n) is 17.3. The first kappa shape index (κ1) is 21.3. The smallest absolute Gasteiger partial charge is 0.239 e. The Bertz CT molecular complexity index is 1100. The van der Waals surface area contributed by atoms with Gasteiger partial charge in [0.1, 0.15) is 0 Å². The number of carbonyl (C=O) groups is 1. The summed E-state index contributed by atoms with van der Waals surface area (Å²) in [5.74, 6) is 1.09. The molecule has 4 rings (SSSR count). The third kappa shape index (κ3) is 3.68. The van der Waals surface area contributed by atoms with Crippen molar-refractivity contribution in [3.63, 3.8) is 0 Å². The lowest BCUT2D eigenvalue weighted by molar-refractivity contribution is -0.118. The summed E-state index contributed by atoms with van der Waals surface area (Å²) in [4.78, 5) is 15.2. The van der Waals surface area contributed by atoms with E-state index in [0.29, 0.717) is 39.4 Å². The molecule has 1 heterocycles. The van der Waals surface area contributed by atoms with Crippen LogP contribution in [-0.4, -0.2) is 27.2 Å². The molecule has 3 aromatic rings. The Balaban J connectivity index is 1.78. The number of rotatable bonds is 6. The van der Waals surface area contributed by atoms with E-state index in [4.69, 9.17) is 37.4 Å². The first-order valence-corrected chi connectivity index (χ1v) is 10.4. The van der Waals surface area contributed by atoms with Gasteiger partial charge in [-0.25, -0.2) is 0 Å². The maximum atomic E-state index is 13.6. The molecule has 7 heteroatoms. The van der Waals surface area contributed by atoms with E-state index >= 15 is 0 Å². The van der Waals surface area contributed by atoms with Gasteiger partial charge >= 0.3 is 0 Å². The number of halogens is 2. The number of nitrogens with zero attached hydrogens (tertiary/aromatic N) is 1. The van der Waals surface area contributed by atoms with E-state index in [1.807, 2.05) is 36.4 Å². The predicted octanol–water partition coefficient (Wildman–Crippen LogP) is 6.02. The quantitative estimate of drug-likeness (QED) is 0.453. The number of carbonyl (C=O) groups excluding carboxylic acids is 1. The van der Waals surface area contributed by atoms with Crippen LogP contribution in [0.25, 0.3) is 0 Å². The van der Waals surface area contributed by atoms with Gasteiger partial charge in [-0.05, 0) is 47.9 Å². The molecule has 1 amide bonds. The summed E-state index contributed by atoms with van der Waals surface area (Å²) < 4.78 is 16.3. The van der Waals surface area contributed by atoms with E-state index < -0.39 is 5.92 Å². The molecule has 0 saturated heterocycles. The van der Waals surface area contributed by atoms with E-state index in [2.05, 4.69) is 0 Å². The molecule has 0 bridgehead atoms. The van der Waals surface area contributed by atoms with E-state index in [1.165, 1.54) is 0 Å². The minimum atomic E-state index is -0.411. The highest BCUT2D eigenvalue weighted by Gasteiger charge is 2.39. The van der Waals surface area contributed by atoms with Crippen molar-refractivity contribution in [2.75, 3.05) is 26.2 Å². The average molecular weight is 458 g/mol. The van der Waals surface area contributed by atoms with Gasteiger partial charge in [-0.3, -0.25) is 9.69 Å². The molecule has 160 valence electrons. The number of para-hydroxylation sites is 2. The van der Waals surface area contributed by atoms with E-state index in [0.717, 1.165) is 16.8 Å². The van der Waals surface area contributed by atoms with Gasteiger partial charge in [0.2, 0.25) is 11.7 Å². The van der Waals surface area contributed by atoms with E-state index in [9.17, 15) is 4.79 Å². The number of amides is 1. The second-order valence-corrected chi connectivity index (χ2v) is 7.91. The minimum absolute atomic E-state index is 0.0926. The number of benzene rings is 3. The number of anilines is 2. The van der Waals surface area contributed by atoms with Crippen LogP contribution in [0.2, 0.25) is 10.0 Å². The van der Waals surface area contributed by atoms with E-state index in [-0.39, 0.29) is 5.91 Å². The Labute approximate surface area is 191 Å². The molecule has 0 radical (unpaired) electrons. The van der Waals surface area contributed by atoms with Gasteiger partial charge < -0.3 is 14.2 Å². The Morgan fingerprint density at radius 3 is 2.06 bits per heavy atom. The van der Waals surface area contributed by atoms with E-state index in [1.54, 1.807) is 44.4 Å². The Hall–Kier alpha value is -2.89. The molecule has 5 nitrogen and oxygen atoms in total. The second-order valence-electron chi connectivity index (χ2n) is 7.09. The van der Waals surface area contributed by atoms with Crippen molar-refractivity contribution in [1.82, 2.24) is 0 Å². The maximum absolute atomic E-state index is 13.6. The van der Waals surface area contributed by atoms with Gasteiger partial charge in [0.05, 0.1) is 48.7 Å². The minimum Gasteiger partial charge on any atom is -0.493 e. The fourth-order valence-electron chi connectivity index (χ4n) is 4.01. The lowest BCUT2D eigenvalue weighted by atomic mass is 9.93. The van der Waals surface area contributed by atoms with Crippen molar-refractivity contribution in [2.24, 2.45) is 0 Å². The highest BCUT2D eigenvalue weighted by Crippen LogP contribution is 2.48. The van der Waals surface area contributed by atoms with Gasteiger partial charge in [-0.15, -0.1) is 0 Å². The maximum Gasteiger partial charge on any atom is 0.239 e. The van der Waals surface area contributed by atoms with Crippen molar-refractivity contribution in [3.05, 3.63) is 75.8 Å². The predicted molar refractivity (Wildman–Crippen MR) is 123 cm³/mol. The summed E-state index contributed by atoms with van der Waals surface area (Å²) in [6, 6.07) is 16.6. The molecule has 3 aromatic carbocycles. The fraction of sp³-hybridized carbons (Fsp3) is 0.208. The molecule has 0 N–H and O–H groups in total.